The number of ketones is 2. The van der Waals surface area contributed by atoms with Gasteiger partial charge in [-0.2, -0.15) is 0 Å². The predicted molar refractivity (Wildman–Crippen MR) is 82.1 cm³/mol. The number of rotatable bonds is 4. The van der Waals surface area contributed by atoms with Crippen molar-refractivity contribution in [3.63, 3.8) is 0 Å². The number of fused-ring (bicyclic) bond motifs is 2. The largest absolute Gasteiger partial charge is 0.493 e. The van der Waals surface area contributed by atoms with E-state index in [-0.39, 0.29) is 11.6 Å². The first-order chi connectivity index (χ1) is 10.7. The summed E-state index contributed by atoms with van der Waals surface area (Å²) in [5.41, 5.74) is 1.43. The van der Waals surface area contributed by atoms with E-state index >= 15 is 0 Å². The van der Waals surface area contributed by atoms with Crippen LogP contribution >= 0.6 is 0 Å². The molecule has 112 valence electrons. The molecule has 1 aliphatic carbocycles. The SMILES string of the molecule is CCOc1ccc(OCC)c2c1C(=O)c1ccccc1C2=O. The molecule has 0 saturated carbocycles. The van der Waals surface area contributed by atoms with E-state index in [9.17, 15) is 9.59 Å². The van der Waals surface area contributed by atoms with Gasteiger partial charge in [0.1, 0.15) is 11.5 Å². The van der Waals surface area contributed by atoms with Gasteiger partial charge in [0.05, 0.1) is 24.3 Å². The molecule has 0 atom stereocenters. The van der Waals surface area contributed by atoms with Crippen molar-refractivity contribution in [3.8, 4) is 11.5 Å². The molecule has 0 spiro atoms. The highest BCUT2D eigenvalue weighted by molar-refractivity contribution is 6.30. The quantitative estimate of drug-likeness (QED) is 0.741. The summed E-state index contributed by atoms with van der Waals surface area (Å²) >= 11 is 0. The maximum absolute atomic E-state index is 12.8. The van der Waals surface area contributed by atoms with Crippen molar-refractivity contribution in [2.24, 2.45) is 0 Å². The monoisotopic (exact) mass is 296 g/mol. The van der Waals surface area contributed by atoms with Gasteiger partial charge in [0.2, 0.25) is 0 Å². The van der Waals surface area contributed by atoms with Crippen LogP contribution in [0, 0.1) is 0 Å². The molecule has 0 N–H and O–H groups in total. The summed E-state index contributed by atoms with van der Waals surface area (Å²) in [6.07, 6.45) is 0. The topological polar surface area (TPSA) is 52.6 Å². The molecule has 0 fully saturated rings. The van der Waals surface area contributed by atoms with Gasteiger partial charge in [-0.15, -0.1) is 0 Å². The van der Waals surface area contributed by atoms with Crippen molar-refractivity contribution in [1.29, 1.82) is 0 Å². The van der Waals surface area contributed by atoms with E-state index in [1.165, 1.54) is 0 Å². The fraction of sp³-hybridized carbons (Fsp3) is 0.222. The zero-order valence-electron chi connectivity index (χ0n) is 12.5. The third-order valence-electron chi connectivity index (χ3n) is 3.60. The maximum atomic E-state index is 12.8. The second-order valence-electron chi connectivity index (χ2n) is 4.88. The Bertz CT molecular complexity index is 698. The van der Waals surface area contributed by atoms with E-state index in [4.69, 9.17) is 9.47 Å². The van der Waals surface area contributed by atoms with Crippen LogP contribution in [-0.4, -0.2) is 24.8 Å². The highest BCUT2D eigenvalue weighted by Crippen LogP contribution is 2.38. The van der Waals surface area contributed by atoms with E-state index in [0.29, 0.717) is 47.0 Å². The van der Waals surface area contributed by atoms with Crippen molar-refractivity contribution in [2.75, 3.05) is 13.2 Å². The van der Waals surface area contributed by atoms with Gasteiger partial charge in [0.25, 0.3) is 0 Å². The smallest absolute Gasteiger partial charge is 0.198 e. The number of carbonyl (C=O) groups excluding carboxylic acids is 2. The fourth-order valence-electron chi connectivity index (χ4n) is 2.72. The Kier molecular flexibility index (Phi) is 3.67. The Labute approximate surface area is 128 Å². The number of benzene rings is 2. The zero-order chi connectivity index (χ0) is 15.7. The van der Waals surface area contributed by atoms with Gasteiger partial charge in [0, 0.05) is 11.1 Å². The Morgan fingerprint density at radius 2 is 1.14 bits per heavy atom. The maximum Gasteiger partial charge on any atom is 0.198 e. The van der Waals surface area contributed by atoms with E-state index in [2.05, 4.69) is 0 Å². The van der Waals surface area contributed by atoms with Crippen LogP contribution < -0.4 is 9.47 Å². The van der Waals surface area contributed by atoms with E-state index < -0.39 is 0 Å². The molecule has 4 heteroatoms. The van der Waals surface area contributed by atoms with Crippen LogP contribution in [0.4, 0.5) is 0 Å². The summed E-state index contributed by atoms with van der Waals surface area (Å²) in [7, 11) is 0. The van der Waals surface area contributed by atoms with Crippen molar-refractivity contribution >= 4 is 11.6 Å². The van der Waals surface area contributed by atoms with Gasteiger partial charge >= 0.3 is 0 Å². The Morgan fingerprint density at radius 1 is 0.727 bits per heavy atom. The molecule has 0 bridgehead atoms. The molecular weight excluding hydrogens is 280 g/mol. The van der Waals surface area contributed by atoms with Crippen LogP contribution in [0.15, 0.2) is 36.4 Å². The molecule has 4 nitrogen and oxygen atoms in total. The zero-order valence-corrected chi connectivity index (χ0v) is 12.5. The fourth-order valence-corrected chi connectivity index (χ4v) is 2.72. The minimum atomic E-state index is -0.199. The predicted octanol–water partition coefficient (Wildman–Crippen LogP) is 3.26. The molecule has 2 aromatic rings. The van der Waals surface area contributed by atoms with E-state index in [0.717, 1.165) is 0 Å². The minimum Gasteiger partial charge on any atom is -0.493 e. The summed E-state index contributed by atoms with van der Waals surface area (Å²) in [5, 5.41) is 0. The Hall–Kier alpha value is -2.62. The lowest BCUT2D eigenvalue weighted by Crippen LogP contribution is -2.23. The number of carbonyl (C=O) groups is 2. The van der Waals surface area contributed by atoms with Crippen LogP contribution in [0.25, 0.3) is 0 Å². The average Bonchev–Trinajstić information content (AvgIpc) is 2.54. The van der Waals surface area contributed by atoms with Gasteiger partial charge < -0.3 is 9.47 Å². The molecule has 2 aromatic carbocycles. The lowest BCUT2D eigenvalue weighted by Gasteiger charge is -2.22. The molecule has 1 aliphatic rings. The van der Waals surface area contributed by atoms with E-state index in [1.807, 2.05) is 13.8 Å². The van der Waals surface area contributed by atoms with Gasteiger partial charge in [0.15, 0.2) is 11.6 Å². The number of ether oxygens (including phenoxy) is 2. The lowest BCUT2D eigenvalue weighted by molar-refractivity contribution is 0.0972. The minimum absolute atomic E-state index is 0.199. The van der Waals surface area contributed by atoms with Gasteiger partial charge in [-0.1, -0.05) is 24.3 Å². The average molecular weight is 296 g/mol. The van der Waals surface area contributed by atoms with Crippen molar-refractivity contribution in [2.45, 2.75) is 13.8 Å². The molecule has 0 aromatic heterocycles. The molecule has 0 amide bonds. The summed E-state index contributed by atoms with van der Waals surface area (Å²) in [5.74, 6) is 0.452. The first-order valence-electron chi connectivity index (χ1n) is 7.30. The second kappa shape index (κ2) is 5.64. The van der Waals surface area contributed by atoms with Gasteiger partial charge in [-0.3, -0.25) is 9.59 Å². The summed E-state index contributed by atoms with van der Waals surface area (Å²) in [6, 6.07) is 10.2. The van der Waals surface area contributed by atoms with Gasteiger partial charge in [-0.05, 0) is 26.0 Å². The second-order valence-corrected chi connectivity index (χ2v) is 4.88. The molecule has 0 unspecified atom stereocenters. The lowest BCUT2D eigenvalue weighted by atomic mass is 9.83. The van der Waals surface area contributed by atoms with Crippen LogP contribution in [0.5, 0.6) is 11.5 Å². The first kappa shape index (κ1) is 14.3. The third kappa shape index (κ3) is 2.08. The summed E-state index contributed by atoms with van der Waals surface area (Å²) in [6.45, 7) is 4.52. The van der Waals surface area contributed by atoms with Gasteiger partial charge in [-0.25, -0.2) is 0 Å². The van der Waals surface area contributed by atoms with Crippen LogP contribution in [0.2, 0.25) is 0 Å². The van der Waals surface area contributed by atoms with Crippen LogP contribution in [0.3, 0.4) is 0 Å². The Morgan fingerprint density at radius 3 is 1.50 bits per heavy atom. The Balaban J connectivity index is 2.29. The molecule has 22 heavy (non-hydrogen) atoms. The molecule has 0 saturated heterocycles. The van der Waals surface area contributed by atoms with Crippen LogP contribution in [0.1, 0.15) is 45.7 Å². The molecule has 0 aliphatic heterocycles. The van der Waals surface area contributed by atoms with E-state index in [1.54, 1.807) is 36.4 Å². The van der Waals surface area contributed by atoms with Crippen molar-refractivity contribution < 1.29 is 19.1 Å². The third-order valence-corrected chi connectivity index (χ3v) is 3.60. The summed E-state index contributed by atoms with van der Waals surface area (Å²) in [4.78, 5) is 25.6. The molecular formula is C18H16O4. The van der Waals surface area contributed by atoms with Crippen molar-refractivity contribution in [1.82, 2.24) is 0 Å². The number of hydrogen-bond acceptors (Lipinski definition) is 4. The summed E-state index contributed by atoms with van der Waals surface area (Å²) < 4.78 is 11.1. The first-order valence-corrected chi connectivity index (χ1v) is 7.30. The normalized spacial score (nSPS) is 12.6. The van der Waals surface area contributed by atoms with Crippen LogP contribution in [-0.2, 0) is 0 Å². The molecule has 0 radical (unpaired) electrons. The number of hydrogen-bond donors (Lipinski definition) is 0. The molecule has 0 heterocycles. The highest BCUT2D eigenvalue weighted by atomic mass is 16.5. The molecule has 3 rings (SSSR count). The van der Waals surface area contributed by atoms with Crippen molar-refractivity contribution in [3.05, 3.63) is 58.7 Å². The highest BCUT2D eigenvalue weighted by Gasteiger charge is 2.34. The standard InChI is InChI=1S/C18H16O4/c1-3-21-13-9-10-14(22-4-2)16-15(13)17(19)11-7-5-6-8-12(11)18(16)20/h5-10H,3-4H2,1-2H3.